The number of rotatable bonds is 3. The molecule has 0 bridgehead atoms. The van der Waals surface area contributed by atoms with Gasteiger partial charge in [-0.2, -0.15) is 10.4 Å². The molecule has 2 heterocycles. The summed E-state index contributed by atoms with van der Waals surface area (Å²) < 4.78 is 7.50. The van der Waals surface area contributed by atoms with Crippen LogP contribution in [0.1, 0.15) is 51.5 Å². The number of aromatic nitrogens is 2. The van der Waals surface area contributed by atoms with Crippen molar-refractivity contribution < 1.29 is 9.53 Å². The lowest BCUT2D eigenvalue weighted by Gasteiger charge is -2.36. The molecule has 1 aromatic heterocycles. The second-order valence-electron chi connectivity index (χ2n) is 7.24. The molecule has 2 aliphatic rings. The minimum atomic E-state index is -0.479. The molecule has 24 heavy (non-hydrogen) atoms. The third-order valence-electron chi connectivity index (χ3n) is 4.51. The molecular weight excluding hydrogens is 304 g/mol. The Kier molecular flexibility index (Phi) is 3.96. The Morgan fingerprint density at radius 2 is 2.25 bits per heavy atom. The fourth-order valence-electron chi connectivity index (χ4n) is 3.50. The standard InChI is InChI=1S/C18H22N4O2/c1-4-5-22-10-11(9-21-22)15-12(8-19)17(20)24-14-7-18(2,3)6-13(23)16(14)15/h9-10,15H,4-7,20H2,1-3H3/t15-/m0/s1. The zero-order valence-electron chi connectivity index (χ0n) is 14.3. The van der Waals surface area contributed by atoms with Gasteiger partial charge in [-0.3, -0.25) is 9.48 Å². The van der Waals surface area contributed by atoms with E-state index in [-0.39, 0.29) is 22.7 Å². The van der Waals surface area contributed by atoms with Crippen molar-refractivity contribution in [3.8, 4) is 6.07 Å². The summed E-state index contributed by atoms with van der Waals surface area (Å²) in [6, 6.07) is 2.12. The van der Waals surface area contributed by atoms with Crippen molar-refractivity contribution in [2.24, 2.45) is 11.1 Å². The maximum atomic E-state index is 12.8. The highest BCUT2D eigenvalue weighted by Gasteiger charge is 2.43. The average molecular weight is 326 g/mol. The molecule has 3 rings (SSSR count). The first-order valence-corrected chi connectivity index (χ1v) is 8.22. The number of ketones is 1. The van der Waals surface area contributed by atoms with E-state index >= 15 is 0 Å². The number of Topliss-reactive ketones (excluding diaryl/α,β-unsaturated/α-hetero) is 1. The zero-order valence-corrected chi connectivity index (χ0v) is 14.3. The van der Waals surface area contributed by atoms with Crippen molar-refractivity contribution in [2.45, 2.75) is 52.5 Å². The highest BCUT2D eigenvalue weighted by atomic mass is 16.5. The van der Waals surface area contributed by atoms with E-state index in [0.29, 0.717) is 24.2 Å². The van der Waals surface area contributed by atoms with Gasteiger partial charge in [0.05, 0.1) is 12.1 Å². The van der Waals surface area contributed by atoms with Crippen molar-refractivity contribution >= 4 is 5.78 Å². The number of aryl methyl sites for hydroxylation is 1. The smallest absolute Gasteiger partial charge is 0.205 e. The molecule has 6 nitrogen and oxygen atoms in total. The van der Waals surface area contributed by atoms with Gasteiger partial charge in [-0.25, -0.2) is 0 Å². The van der Waals surface area contributed by atoms with E-state index in [9.17, 15) is 10.1 Å². The number of ether oxygens (including phenoxy) is 1. The van der Waals surface area contributed by atoms with Crippen LogP contribution in [-0.4, -0.2) is 15.6 Å². The van der Waals surface area contributed by atoms with Crippen molar-refractivity contribution in [3.63, 3.8) is 0 Å². The van der Waals surface area contributed by atoms with Crippen molar-refractivity contribution in [2.75, 3.05) is 0 Å². The highest BCUT2D eigenvalue weighted by Crippen LogP contribution is 2.47. The minimum Gasteiger partial charge on any atom is -0.444 e. The lowest BCUT2D eigenvalue weighted by atomic mass is 9.70. The molecule has 1 atom stereocenters. The molecule has 0 saturated heterocycles. The first-order valence-electron chi connectivity index (χ1n) is 8.22. The van der Waals surface area contributed by atoms with Crippen LogP contribution >= 0.6 is 0 Å². The van der Waals surface area contributed by atoms with Crippen molar-refractivity contribution in [1.82, 2.24) is 9.78 Å². The van der Waals surface area contributed by atoms with E-state index in [1.165, 1.54) is 0 Å². The van der Waals surface area contributed by atoms with Gasteiger partial charge in [0.15, 0.2) is 5.78 Å². The second-order valence-corrected chi connectivity index (χ2v) is 7.24. The Morgan fingerprint density at radius 3 is 2.92 bits per heavy atom. The summed E-state index contributed by atoms with van der Waals surface area (Å²) in [6.45, 7) is 6.93. The molecular formula is C18H22N4O2. The maximum absolute atomic E-state index is 12.8. The molecule has 1 aliphatic carbocycles. The minimum absolute atomic E-state index is 0.0229. The molecule has 1 aromatic rings. The SMILES string of the molecule is CCCn1cc([C@H]2C(C#N)=C(N)OC3=C2C(=O)CC(C)(C)C3)cn1. The van der Waals surface area contributed by atoms with Crippen LogP contribution in [-0.2, 0) is 16.1 Å². The number of nitriles is 1. The Labute approximate surface area is 141 Å². The average Bonchev–Trinajstić information content (AvgIpc) is 2.93. The Bertz CT molecular complexity index is 792. The Hall–Kier alpha value is -2.55. The summed E-state index contributed by atoms with van der Waals surface area (Å²) in [7, 11) is 0. The molecule has 6 heteroatoms. The van der Waals surface area contributed by atoms with Crippen molar-refractivity contribution in [3.05, 3.63) is 40.7 Å². The van der Waals surface area contributed by atoms with Crippen LogP contribution < -0.4 is 5.73 Å². The molecule has 2 N–H and O–H groups in total. The molecule has 0 fully saturated rings. The summed E-state index contributed by atoms with van der Waals surface area (Å²) in [5.41, 5.74) is 7.48. The van der Waals surface area contributed by atoms with Crippen LogP contribution in [0.15, 0.2) is 35.2 Å². The zero-order chi connectivity index (χ0) is 17.5. The van der Waals surface area contributed by atoms with Gasteiger partial charge in [-0.1, -0.05) is 20.8 Å². The molecule has 0 aromatic carbocycles. The predicted molar refractivity (Wildman–Crippen MR) is 88.2 cm³/mol. The van der Waals surface area contributed by atoms with E-state index in [1.807, 2.05) is 24.7 Å². The fourth-order valence-corrected chi connectivity index (χ4v) is 3.50. The van der Waals surface area contributed by atoms with Crippen LogP contribution in [0.3, 0.4) is 0 Å². The molecule has 0 saturated carbocycles. The van der Waals surface area contributed by atoms with Crippen LogP contribution in [0.5, 0.6) is 0 Å². The normalized spacial score (nSPS) is 22.9. The van der Waals surface area contributed by atoms with E-state index in [1.54, 1.807) is 6.20 Å². The topological polar surface area (TPSA) is 93.9 Å². The lowest BCUT2D eigenvalue weighted by molar-refractivity contribution is -0.119. The summed E-state index contributed by atoms with van der Waals surface area (Å²) in [6.07, 6.45) is 5.63. The number of nitrogens with zero attached hydrogens (tertiary/aromatic N) is 3. The van der Waals surface area contributed by atoms with E-state index in [4.69, 9.17) is 10.5 Å². The Balaban J connectivity index is 2.11. The molecule has 1 aliphatic heterocycles. The summed E-state index contributed by atoms with van der Waals surface area (Å²) in [5.74, 6) is 0.235. The number of hydrogen-bond acceptors (Lipinski definition) is 5. The highest BCUT2D eigenvalue weighted by molar-refractivity contribution is 6.00. The molecule has 0 radical (unpaired) electrons. The van der Waals surface area contributed by atoms with Gasteiger partial charge < -0.3 is 10.5 Å². The maximum Gasteiger partial charge on any atom is 0.205 e. The summed E-state index contributed by atoms with van der Waals surface area (Å²) in [5, 5.41) is 13.9. The summed E-state index contributed by atoms with van der Waals surface area (Å²) >= 11 is 0. The van der Waals surface area contributed by atoms with Crippen LogP contribution in [0.25, 0.3) is 0 Å². The number of carbonyl (C=O) groups is 1. The van der Waals surface area contributed by atoms with E-state index in [0.717, 1.165) is 18.5 Å². The van der Waals surface area contributed by atoms with Crippen LogP contribution in [0.4, 0.5) is 0 Å². The Morgan fingerprint density at radius 1 is 1.50 bits per heavy atom. The number of allylic oxidation sites excluding steroid dienone is 3. The quantitative estimate of drug-likeness (QED) is 0.921. The second kappa shape index (κ2) is 5.82. The van der Waals surface area contributed by atoms with E-state index < -0.39 is 5.92 Å². The number of hydrogen-bond donors (Lipinski definition) is 1. The monoisotopic (exact) mass is 326 g/mol. The number of carbonyl (C=O) groups excluding carboxylic acids is 1. The first-order chi connectivity index (χ1) is 11.4. The van der Waals surface area contributed by atoms with Gasteiger partial charge in [0, 0.05) is 36.7 Å². The third-order valence-corrected chi connectivity index (χ3v) is 4.51. The van der Waals surface area contributed by atoms with E-state index in [2.05, 4.69) is 18.1 Å². The largest absolute Gasteiger partial charge is 0.444 e. The summed E-state index contributed by atoms with van der Waals surface area (Å²) in [4.78, 5) is 12.8. The molecule has 0 amide bonds. The molecule has 0 unspecified atom stereocenters. The van der Waals surface area contributed by atoms with Gasteiger partial charge in [0.25, 0.3) is 0 Å². The lowest BCUT2D eigenvalue weighted by Crippen LogP contribution is -2.33. The third kappa shape index (κ3) is 2.71. The van der Waals surface area contributed by atoms with Gasteiger partial charge >= 0.3 is 0 Å². The van der Waals surface area contributed by atoms with Crippen LogP contribution in [0.2, 0.25) is 0 Å². The van der Waals surface area contributed by atoms with Crippen molar-refractivity contribution in [1.29, 1.82) is 5.26 Å². The molecule has 0 spiro atoms. The van der Waals surface area contributed by atoms with Gasteiger partial charge in [0.2, 0.25) is 5.88 Å². The van der Waals surface area contributed by atoms with Crippen LogP contribution in [0, 0.1) is 16.7 Å². The fraction of sp³-hybridized carbons (Fsp3) is 0.500. The number of nitrogens with two attached hydrogens (primary N) is 1. The van der Waals surface area contributed by atoms with Gasteiger partial charge in [0.1, 0.15) is 17.4 Å². The molecule has 126 valence electrons. The van der Waals surface area contributed by atoms with Gasteiger partial charge in [-0.05, 0) is 11.8 Å². The van der Waals surface area contributed by atoms with Gasteiger partial charge in [-0.15, -0.1) is 0 Å². The first kappa shape index (κ1) is 16.3. The predicted octanol–water partition coefficient (Wildman–Crippen LogP) is 2.74.